The van der Waals surface area contributed by atoms with E-state index in [4.69, 9.17) is 0 Å². The highest BCUT2D eigenvalue weighted by Crippen LogP contribution is 2.28. The molecule has 4 nitrogen and oxygen atoms in total. The number of aromatic nitrogens is 1. The maximum Gasteiger partial charge on any atom is 0.221 e. The number of alkyl halides is 1. The first-order valence-corrected chi connectivity index (χ1v) is 9.76. The fraction of sp³-hybridized carbons (Fsp3) is 0.308. The Kier molecular flexibility index (Phi) is 5.48. The van der Waals surface area contributed by atoms with Gasteiger partial charge in [-0.05, 0) is 37.6 Å². The molecule has 21 heavy (non-hydrogen) atoms. The molecule has 8 heteroatoms. The van der Waals surface area contributed by atoms with Gasteiger partial charge in [-0.2, -0.15) is 0 Å². The summed E-state index contributed by atoms with van der Waals surface area (Å²) in [6.07, 6.45) is 0.580. The lowest BCUT2D eigenvalue weighted by atomic mass is 10.2. The second-order valence-corrected chi connectivity index (χ2v) is 8.60. The Morgan fingerprint density at radius 2 is 2.00 bits per heavy atom. The Labute approximate surface area is 135 Å². The number of halogens is 2. The zero-order chi connectivity index (χ0) is 15.5. The van der Waals surface area contributed by atoms with Gasteiger partial charge in [0.05, 0.1) is 5.69 Å². The molecule has 0 aliphatic heterocycles. The normalized spacial score (nSPS) is 11.8. The van der Waals surface area contributed by atoms with Gasteiger partial charge in [-0.3, -0.25) is 0 Å². The molecule has 0 aliphatic carbocycles. The topological polar surface area (TPSA) is 59.1 Å². The largest absolute Gasteiger partial charge is 0.241 e. The number of hydrogen-bond donors (Lipinski definition) is 1. The van der Waals surface area contributed by atoms with Crippen molar-refractivity contribution in [2.45, 2.75) is 13.3 Å². The molecule has 1 heterocycles. The van der Waals surface area contributed by atoms with Crippen molar-refractivity contribution in [1.82, 2.24) is 9.71 Å². The fourth-order valence-electron chi connectivity index (χ4n) is 1.73. The Hall–Kier alpha value is -0.830. The minimum absolute atomic E-state index is 0.109. The highest BCUT2D eigenvalue weighted by Gasteiger charge is 2.11. The molecule has 2 aromatic rings. The van der Waals surface area contributed by atoms with E-state index < -0.39 is 10.0 Å². The average Bonchev–Trinajstić information content (AvgIpc) is 2.81. The number of hydrogen-bond acceptors (Lipinski definition) is 4. The molecular weight excluding hydrogens is 379 g/mol. The second-order valence-electron chi connectivity index (χ2n) is 4.40. The van der Waals surface area contributed by atoms with Gasteiger partial charge in [0, 0.05) is 17.0 Å². The summed E-state index contributed by atoms with van der Waals surface area (Å²) >= 11 is 4.42. The first-order valence-electron chi connectivity index (χ1n) is 6.17. The van der Waals surface area contributed by atoms with Gasteiger partial charge < -0.3 is 0 Å². The molecule has 0 saturated carbocycles. The molecule has 1 aromatic heterocycles. The van der Waals surface area contributed by atoms with Crippen molar-refractivity contribution >= 4 is 37.3 Å². The number of sulfonamides is 1. The van der Waals surface area contributed by atoms with Gasteiger partial charge in [0.25, 0.3) is 0 Å². The molecule has 0 bridgehead atoms. The standard InChI is InChI=1S/C13H14BrFN2O2S2/c1-9-12(6-7-16-21(18,19)8-14)20-13(17-9)10-2-4-11(15)5-3-10/h2-5,16H,6-8H2,1H3. The third-order valence-corrected chi connectivity index (χ3v) is 6.81. The summed E-state index contributed by atoms with van der Waals surface area (Å²) in [6, 6.07) is 6.17. The zero-order valence-corrected chi connectivity index (χ0v) is 14.5. The molecule has 1 aromatic carbocycles. The van der Waals surface area contributed by atoms with Crippen molar-refractivity contribution in [3.05, 3.63) is 40.7 Å². The average molecular weight is 393 g/mol. The molecule has 0 spiro atoms. The maximum atomic E-state index is 12.9. The summed E-state index contributed by atoms with van der Waals surface area (Å²) in [7, 11) is -3.24. The van der Waals surface area contributed by atoms with Crippen molar-refractivity contribution in [2.24, 2.45) is 0 Å². The van der Waals surface area contributed by atoms with Gasteiger partial charge in [-0.15, -0.1) is 11.3 Å². The zero-order valence-electron chi connectivity index (χ0n) is 11.3. The van der Waals surface area contributed by atoms with Crippen LogP contribution in [0, 0.1) is 12.7 Å². The van der Waals surface area contributed by atoms with Crippen molar-refractivity contribution in [3.63, 3.8) is 0 Å². The summed E-state index contributed by atoms with van der Waals surface area (Å²) in [6.45, 7) is 2.22. The number of nitrogens with zero attached hydrogens (tertiary/aromatic N) is 1. The smallest absolute Gasteiger partial charge is 0.221 e. The van der Waals surface area contributed by atoms with Crippen LogP contribution in [0.4, 0.5) is 4.39 Å². The van der Waals surface area contributed by atoms with Crippen LogP contribution in [0.2, 0.25) is 0 Å². The SMILES string of the molecule is Cc1nc(-c2ccc(F)cc2)sc1CCNS(=O)(=O)CBr. The first-order chi connectivity index (χ1) is 9.91. The van der Waals surface area contributed by atoms with Crippen molar-refractivity contribution in [1.29, 1.82) is 0 Å². The third kappa shape index (κ3) is 4.57. The number of aryl methyl sites for hydroxylation is 1. The predicted molar refractivity (Wildman–Crippen MR) is 86.7 cm³/mol. The second kappa shape index (κ2) is 6.95. The summed E-state index contributed by atoms with van der Waals surface area (Å²) in [5.74, 6) is -0.281. The van der Waals surface area contributed by atoms with E-state index in [9.17, 15) is 12.8 Å². The molecule has 0 unspecified atom stereocenters. The van der Waals surface area contributed by atoms with Gasteiger partial charge in [-0.1, -0.05) is 15.9 Å². The van der Waals surface area contributed by atoms with E-state index in [0.29, 0.717) is 13.0 Å². The molecule has 0 radical (unpaired) electrons. The molecule has 0 saturated heterocycles. The Morgan fingerprint density at radius 1 is 1.33 bits per heavy atom. The van der Waals surface area contributed by atoms with Gasteiger partial charge in [0.15, 0.2) is 0 Å². The molecule has 0 atom stereocenters. The van der Waals surface area contributed by atoms with Crippen LogP contribution >= 0.6 is 27.3 Å². The molecule has 2 rings (SSSR count). The van der Waals surface area contributed by atoms with Crippen molar-refractivity contribution < 1.29 is 12.8 Å². The van der Waals surface area contributed by atoms with E-state index in [-0.39, 0.29) is 10.5 Å². The van der Waals surface area contributed by atoms with Crippen LogP contribution in [0.5, 0.6) is 0 Å². The molecular formula is C13H14BrFN2O2S2. The Balaban J connectivity index is 2.07. The molecule has 0 aliphatic rings. The third-order valence-electron chi connectivity index (χ3n) is 2.80. The minimum Gasteiger partial charge on any atom is -0.241 e. The highest BCUT2D eigenvalue weighted by atomic mass is 79.9. The highest BCUT2D eigenvalue weighted by molar-refractivity contribution is 9.10. The van der Waals surface area contributed by atoms with Crippen LogP contribution < -0.4 is 4.72 Å². The Bertz CT molecular complexity index is 714. The lowest BCUT2D eigenvalue weighted by Crippen LogP contribution is -2.26. The fourth-order valence-corrected chi connectivity index (χ4v) is 3.78. The van der Waals surface area contributed by atoms with Crippen molar-refractivity contribution in [2.75, 3.05) is 11.2 Å². The van der Waals surface area contributed by atoms with Crippen LogP contribution in [-0.4, -0.2) is 24.6 Å². The summed E-state index contributed by atoms with van der Waals surface area (Å²) in [5, 5.41) is 0.811. The summed E-state index contributed by atoms with van der Waals surface area (Å²) in [4.78, 5) is 5.48. The quantitative estimate of drug-likeness (QED) is 0.768. The van der Waals surface area contributed by atoms with Crippen molar-refractivity contribution in [3.8, 4) is 10.6 Å². The van der Waals surface area contributed by atoms with Crippen LogP contribution in [0.25, 0.3) is 10.6 Å². The number of benzene rings is 1. The number of nitrogens with one attached hydrogen (secondary N) is 1. The molecule has 0 amide bonds. The van der Waals surface area contributed by atoms with Gasteiger partial charge in [0.2, 0.25) is 10.0 Å². The summed E-state index contributed by atoms with van der Waals surface area (Å²) in [5.41, 5.74) is 1.73. The van der Waals surface area contributed by atoms with E-state index in [2.05, 4.69) is 25.6 Å². The monoisotopic (exact) mass is 392 g/mol. The van der Waals surface area contributed by atoms with E-state index in [1.54, 1.807) is 12.1 Å². The first kappa shape index (κ1) is 16.5. The van der Waals surface area contributed by atoms with Crippen LogP contribution in [-0.2, 0) is 16.4 Å². The predicted octanol–water partition coefficient (Wildman–Crippen LogP) is 3.07. The van der Waals surface area contributed by atoms with Crippen LogP contribution in [0.15, 0.2) is 24.3 Å². The van der Waals surface area contributed by atoms with E-state index in [0.717, 1.165) is 21.1 Å². The molecule has 1 N–H and O–H groups in total. The number of thiazole rings is 1. The van der Waals surface area contributed by atoms with E-state index in [1.807, 2.05) is 6.92 Å². The van der Waals surface area contributed by atoms with Crippen LogP contribution in [0.1, 0.15) is 10.6 Å². The van der Waals surface area contributed by atoms with Crippen LogP contribution in [0.3, 0.4) is 0 Å². The van der Waals surface area contributed by atoms with E-state index >= 15 is 0 Å². The van der Waals surface area contributed by atoms with Gasteiger partial charge >= 0.3 is 0 Å². The van der Waals surface area contributed by atoms with E-state index in [1.165, 1.54) is 23.5 Å². The minimum atomic E-state index is -3.24. The Morgan fingerprint density at radius 3 is 2.62 bits per heavy atom. The molecule has 0 fully saturated rings. The maximum absolute atomic E-state index is 12.9. The number of rotatable bonds is 6. The lowest BCUT2D eigenvalue weighted by Gasteiger charge is -2.02. The van der Waals surface area contributed by atoms with Gasteiger partial charge in [-0.25, -0.2) is 22.5 Å². The lowest BCUT2D eigenvalue weighted by molar-refractivity contribution is 0.587. The van der Waals surface area contributed by atoms with Gasteiger partial charge in [0.1, 0.15) is 15.5 Å². The summed E-state index contributed by atoms with van der Waals surface area (Å²) < 4.78 is 38.0. The molecule has 114 valence electrons.